The first-order valence-corrected chi connectivity index (χ1v) is 8.01. The molecule has 116 valence electrons. The lowest BCUT2D eigenvalue weighted by atomic mass is 9.92. The number of hydrogen-bond donors (Lipinski definition) is 1. The second kappa shape index (κ2) is 5.78. The van der Waals surface area contributed by atoms with Crippen LogP contribution in [0, 0.1) is 0 Å². The van der Waals surface area contributed by atoms with E-state index in [9.17, 15) is 0 Å². The summed E-state index contributed by atoms with van der Waals surface area (Å²) in [7, 11) is 0. The summed E-state index contributed by atoms with van der Waals surface area (Å²) < 4.78 is 6.18. The summed E-state index contributed by atoms with van der Waals surface area (Å²) in [5, 5.41) is 3.86. The normalized spacial score (nSPS) is 30.6. The monoisotopic (exact) mass is 280 g/mol. The Hall–Kier alpha value is -0.380. The van der Waals surface area contributed by atoms with Crippen LogP contribution in [-0.2, 0) is 4.74 Å². The van der Waals surface area contributed by atoms with Crippen molar-refractivity contribution in [2.45, 2.75) is 77.2 Å². The molecule has 2 saturated heterocycles. The third-order valence-electron chi connectivity index (χ3n) is 4.59. The zero-order chi connectivity index (χ0) is 15.0. The van der Waals surface area contributed by atoms with Crippen molar-refractivity contribution >= 4 is 0 Å². The molecule has 3 nitrogen and oxygen atoms in total. The second-order valence-corrected chi connectivity index (χ2v) is 7.90. The summed E-state index contributed by atoms with van der Waals surface area (Å²) >= 11 is 0. The van der Waals surface area contributed by atoms with Crippen LogP contribution in [-0.4, -0.2) is 47.8 Å². The van der Waals surface area contributed by atoms with Gasteiger partial charge in [0.05, 0.1) is 11.2 Å². The molecule has 2 aliphatic heterocycles. The van der Waals surface area contributed by atoms with Crippen LogP contribution >= 0.6 is 0 Å². The lowest BCUT2D eigenvalue weighted by Crippen LogP contribution is -2.51. The number of ether oxygens (including phenoxy) is 1. The Morgan fingerprint density at radius 3 is 2.30 bits per heavy atom. The molecule has 2 rings (SSSR count). The third kappa shape index (κ3) is 4.06. The van der Waals surface area contributed by atoms with Crippen LogP contribution in [0.15, 0.2) is 12.2 Å². The molecule has 2 aliphatic rings. The molecule has 0 spiro atoms. The molecule has 1 N–H and O–H groups in total. The molecule has 3 heteroatoms. The average Bonchev–Trinajstić information content (AvgIpc) is 2.48. The fraction of sp³-hybridized carbons (Fsp3) is 0.882. The zero-order valence-corrected chi connectivity index (χ0v) is 14.0. The number of piperidine rings is 1. The van der Waals surface area contributed by atoms with E-state index in [1.165, 1.54) is 31.5 Å². The number of nitrogens with zero attached hydrogens (tertiary/aromatic N) is 1. The van der Waals surface area contributed by atoms with Crippen LogP contribution in [0.3, 0.4) is 0 Å². The number of rotatable bonds is 4. The highest BCUT2D eigenvalue weighted by Crippen LogP contribution is 2.37. The molecule has 0 aromatic rings. The van der Waals surface area contributed by atoms with E-state index in [1.807, 2.05) is 0 Å². The number of hydrogen-bond acceptors (Lipinski definition) is 3. The van der Waals surface area contributed by atoms with E-state index >= 15 is 0 Å². The Morgan fingerprint density at radius 1 is 1.25 bits per heavy atom. The summed E-state index contributed by atoms with van der Waals surface area (Å²) in [6.45, 7) is 18.4. The molecule has 0 bridgehead atoms. The van der Waals surface area contributed by atoms with Gasteiger partial charge in [0.25, 0.3) is 0 Å². The first-order chi connectivity index (χ1) is 9.18. The van der Waals surface area contributed by atoms with Crippen LogP contribution in [0.25, 0.3) is 0 Å². The van der Waals surface area contributed by atoms with Gasteiger partial charge in [0.1, 0.15) is 0 Å². The van der Waals surface area contributed by atoms with Crippen molar-refractivity contribution in [2.24, 2.45) is 0 Å². The molecule has 0 aromatic carbocycles. The molecule has 0 aliphatic carbocycles. The largest absolute Gasteiger partial charge is 0.368 e. The Morgan fingerprint density at radius 2 is 1.85 bits per heavy atom. The van der Waals surface area contributed by atoms with E-state index in [0.29, 0.717) is 12.1 Å². The summed E-state index contributed by atoms with van der Waals surface area (Å²) in [5.74, 6) is 0. The van der Waals surface area contributed by atoms with Gasteiger partial charge in [0.2, 0.25) is 0 Å². The van der Waals surface area contributed by atoms with E-state index < -0.39 is 0 Å². The van der Waals surface area contributed by atoms with Gasteiger partial charge in [-0.25, -0.2) is 0 Å². The van der Waals surface area contributed by atoms with Crippen molar-refractivity contribution in [1.82, 2.24) is 10.2 Å². The fourth-order valence-corrected chi connectivity index (χ4v) is 3.75. The Kier molecular flexibility index (Phi) is 4.63. The van der Waals surface area contributed by atoms with Gasteiger partial charge in [0, 0.05) is 18.6 Å². The van der Waals surface area contributed by atoms with Crippen molar-refractivity contribution in [3.8, 4) is 0 Å². The van der Waals surface area contributed by atoms with Crippen LogP contribution < -0.4 is 5.32 Å². The zero-order valence-electron chi connectivity index (χ0n) is 14.0. The van der Waals surface area contributed by atoms with Crippen molar-refractivity contribution in [1.29, 1.82) is 0 Å². The van der Waals surface area contributed by atoms with E-state index in [-0.39, 0.29) is 11.2 Å². The molecule has 0 radical (unpaired) electrons. The SMILES string of the molecule is C=C(C)CN1CCC(N[C@@H]2CC(C)(C)OC2(C)C)CC1. The van der Waals surface area contributed by atoms with Crippen LogP contribution in [0.4, 0.5) is 0 Å². The number of nitrogens with one attached hydrogen (secondary N) is 1. The molecular formula is C17H32N2O. The van der Waals surface area contributed by atoms with Gasteiger partial charge in [0.15, 0.2) is 0 Å². The van der Waals surface area contributed by atoms with Crippen LogP contribution in [0.1, 0.15) is 53.9 Å². The number of likely N-dealkylation sites (tertiary alicyclic amines) is 1. The van der Waals surface area contributed by atoms with Gasteiger partial charge in [-0.2, -0.15) is 0 Å². The van der Waals surface area contributed by atoms with Crippen molar-refractivity contribution in [3.63, 3.8) is 0 Å². The lowest BCUT2D eigenvalue weighted by Gasteiger charge is -2.36. The maximum atomic E-state index is 6.18. The standard InChI is InChI=1S/C17H32N2O/c1-13(2)12-19-9-7-14(8-10-19)18-15-11-16(3,4)20-17(15,5)6/h14-15,18H,1,7-12H2,2-6H3/t15-/m1/s1. The van der Waals surface area contributed by atoms with Crippen molar-refractivity contribution in [2.75, 3.05) is 19.6 Å². The smallest absolute Gasteiger partial charge is 0.0787 e. The molecule has 0 saturated carbocycles. The van der Waals surface area contributed by atoms with E-state index in [0.717, 1.165) is 13.0 Å². The van der Waals surface area contributed by atoms with E-state index in [4.69, 9.17) is 4.74 Å². The highest BCUT2D eigenvalue weighted by molar-refractivity contribution is 5.01. The minimum absolute atomic E-state index is 0.00181. The van der Waals surface area contributed by atoms with Gasteiger partial charge in [-0.15, -0.1) is 0 Å². The van der Waals surface area contributed by atoms with Gasteiger partial charge in [-0.1, -0.05) is 12.2 Å². The Balaban J connectivity index is 1.82. The van der Waals surface area contributed by atoms with Gasteiger partial charge < -0.3 is 10.1 Å². The summed E-state index contributed by atoms with van der Waals surface area (Å²) in [4.78, 5) is 2.51. The van der Waals surface area contributed by atoms with Gasteiger partial charge in [-0.3, -0.25) is 4.90 Å². The fourth-order valence-electron chi connectivity index (χ4n) is 3.75. The molecule has 20 heavy (non-hydrogen) atoms. The Labute approximate surface area is 124 Å². The summed E-state index contributed by atoms with van der Waals surface area (Å²) in [6.07, 6.45) is 3.58. The lowest BCUT2D eigenvalue weighted by molar-refractivity contribution is -0.0708. The molecular weight excluding hydrogens is 248 g/mol. The topological polar surface area (TPSA) is 24.5 Å². The molecule has 2 heterocycles. The molecule has 0 aromatic heterocycles. The Bertz CT molecular complexity index is 354. The minimum atomic E-state index is -0.0572. The maximum Gasteiger partial charge on any atom is 0.0787 e. The van der Waals surface area contributed by atoms with Crippen molar-refractivity contribution in [3.05, 3.63) is 12.2 Å². The van der Waals surface area contributed by atoms with E-state index in [1.54, 1.807) is 0 Å². The predicted octanol–water partition coefficient (Wildman–Crippen LogP) is 2.96. The highest BCUT2D eigenvalue weighted by atomic mass is 16.5. The summed E-state index contributed by atoms with van der Waals surface area (Å²) in [5.41, 5.74) is 1.21. The quantitative estimate of drug-likeness (QED) is 0.801. The maximum absolute atomic E-state index is 6.18. The van der Waals surface area contributed by atoms with Crippen molar-refractivity contribution < 1.29 is 4.74 Å². The third-order valence-corrected chi connectivity index (χ3v) is 4.59. The molecule has 1 atom stereocenters. The molecule has 0 amide bonds. The second-order valence-electron chi connectivity index (χ2n) is 7.90. The average molecular weight is 280 g/mol. The molecule has 0 unspecified atom stereocenters. The predicted molar refractivity (Wildman–Crippen MR) is 85.1 cm³/mol. The summed E-state index contributed by atoms with van der Waals surface area (Å²) in [6, 6.07) is 1.10. The van der Waals surface area contributed by atoms with Gasteiger partial charge in [-0.05, 0) is 67.0 Å². The first-order valence-electron chi connectivity index (χ1n) is 8.01. The van der Waals surface area contributed by atoms with Gasteiger partial charge >= 0.3 is 0 Å². The van der Waals surface area contributed by atoms with Crippen LogP contribution in [0.5, 0.6) is 0 Å². The molecule has 2 fully saturated rings. The van der Waals surface area contributed by atoms with Crippen LogP contribution in [0.2, 0.25) is 0 Å². The first kappa shape index (κ1) is 16.0. The van der Waals surface area contributed by atoms with E-state index in [2.05, 4.69) is 51.4 Å². The highest BCUT2D eigenvalue weighted by Gasteiger charge is 2.46. The minimum Gasteiger partial charge on any atom is -0.368 e.